The smallest absolute Gasteiger partial charge is 0.426 e. The van der Waals surface area contributed by atoms with E-state index in [1.54, 1.807) is 6.07 Å². The average Bonchev–Trinajstić information content (AvgIpc) is 2.45. The van der Waals surface area contributed by atoms with Crippen LogP contribution >= 0.6 is 8.58 Å². The maximum absolute atomic E-state index is 13.0. The van der Waals surface area contributed by atoms with Crippen LogP contribution in [0.25, 0.3) is 0 Å². The monoisotopic (exact) mass is 356 g/mol. The number of rotatable bonds is 3. The average molecular weight is 356 g/mol. The molecule has 0 saturated heterocycles. The van der Waals surface area contributed by atoms with Crippen LogP contribution in [0.4, 0.5) is 26.3 Å². The van der Waals surface area contributed by atoms with Crippen molar-refractivity contribution in [2.45, 2.75) is 12.4 Å². The molecule has 0 unspecified atom stereocenters. The number of carbonyl (C=O) groups excluding carboxylic acids is 1. The van der Waals surface area contributed by atoms with E-state index >= 15 is 0 Å². The molecule has 0 fully saturated rings. The van der Waals surface area contributed by atoms with Gasteiger partial charge in [0.15, 0.2) is 0 Å². The number of hydrogen-bond acceptors (Lipinski definition) is 1. The summed E-state index contributed by atoms with van der Waals surface area (Å²) in [7, 11) is -0.257. The fourth-order valence-electron chi connectivity index (χ4n) is 1.93. The fraction of sp³-hybridized carbons (Fsp3) is 0.133. The van der Waals surface area contributed by atoms with Crippen LogP contribution in [0, 0.1) is 0 Å². The first-order valence-corrected chi connectivity index (χ1v) is 7.08. The summed E-state index contributed by atoms with van der Waals surface area (Å²) in [6, 6.07) is 9.18. The molecule has 0 aromatic heterocycles. The van der Waals surface area contributed by atoms with E-state index < -0.39 is 34.6 Å². The summed E-state index contributed by atoms with van der Waals surface area (Å²) < 4.78 is 78.0. The molecule has 2 aromatic carbocycles. The molecule has 0 heterocycles. The first kappa shape index (κ1) is 20.8. The summed E-state index contributed by atoms with van der Waals surface area (Å²) in [5.74, 6) is 0. The maximum atomic E-state index is 13.0. The van der Waals surface area contributed by atoms with Gasteiger partial charge in [-0.15, -0.1) is 0 Å². The Morgan fingerprint density at radius 2 is 1.21 bits per heavy atom. The minimum atomic E-state index is -5.06. The molecule has 0 saturated carbocycles. The summed E-state index contributed by atoms with van der Waals surface area (Å²) in [5.41, 5.74) is -5.77. The SMILES string of the molecule is O=C([P-]c1ccccc1)c1c(C(F)(F)F)cccc1C(F)(F)F.[Li+]. The Kier molecular flexibility index (Phi) is 6.69. The van der Waals surface area contributed by atoms with Crippen molar-refractivity contribution in [3.05, 3.63) is 65.2 Å². The Balaban J connectivity index is 0.00000288. The van der Waals surface area contributed by atoms with Crippen LogP contribution in [0.5, 0.6) is 0 Å². The van der Waals surface area contributed by atoms with Gasteiger partial charge >= 0.3 is 31.2 Å². The van der Waals surface area contributed by atoms with Crippen molar-refractivity contribution in [1.82, 2.24) is 0 Å². The van der Waals surface area contributed by atoms with E-state index in [4.69, 9.17) is 0 Å². The van der Waals surface area contributed by atoms with Crippen molar-refractivity contribution in [3.63, 3.8) is 0 Å². The van der Waals surface area contributed by atoms with Crippen molar-refractivity contribution >= 4 is 19.4 Å². The molecule has 9 heteroatoms. The van der Waals surface area contributed by atoms with E-state index in [0.29, 0.717) is 23.5 Å². The van der Waals surface area contributed by atoms with Gasteiger partial charge in [0.1, 0.15) is 0 Å². The molecule has 2 rings (SSSR count). The van der Waals surface area contributed by atoms with Crippen LogP contribution < -0.4 is 24.2 Å². The second kappa shape index (κ2) is 7.73. The predicted octanol–water partition coefficient (Wildman–Crippen LogP) is 2.14. The van der Waals surface area contributed by atoms with E-state index in [1.165, 1.54) is 24.3 Å². The molecule has 0 aliphatic heterocycles. The Morgan fingerprint density at radius 3 is 1.62 bits per heavy atom. The van der Waals surface area contributed by atoms with Crippen LogP contribution in [0.1, 0.15) is 21.5 Å². The summed E-state index contributed by atoms with van der Waals surface area (Å²) in [6.07, 6.45) is -10.1. The third-order valence-corrected chi connectivity index (χ3v) is 3.86. The van der Waals surface area contributed by atoms with Crippen LogP contribution in [-0.4, -0.2) is 5.52 Å². The van der Waals surface area contributed by atoms with Gasteiger partial charge in [0, 0.05) is 11.1 Å². The first-order chi connectivity index (χ1) is 10.6. The minimum absolute atomic E-state index is 0. The van der Waals surface area contributed by atoms with Gasteiger partial charge in [-0.05, 0) is 12.1 Å². The van der Waals surface area contributed by atoms with Crippen LogP contribution in [-0.2, 0) is 12.4 Å². The van der Waals surface area contributed by atoms with E-state index in [1.807, 2.05) is 0 Å². The zero-order valence-corrected chi connectivity index (χ0v) is 13.1. The molecule has 0 aliphatic rings. The number of hydrogen-bond donors (Lipinski definition) is 0. The number of alkyl halides is 6. The zero-order chi connectivity index (χ0) is 17.3. The van der Waals surface area contributed by atoms with E-state index in [2.05, 4.69) is 0 Å². The van der Waals surface area contributed by atoms with Crippen molar-refractivity contribution in [2.24, 2.45) is 0 Å². The largest absolute Gasteiger partial charge is 1.00 e. The number of halogens is 6. The van der Waals surface area contributed by atoms with Gasteiger partial charge < -0.3 is 13.4 Å². The van der Waals surface area contributed by atoms with Crippen molar-refractivity contribution < 1.29 is 50.0 Å². The van der Waals surface area contributed by atoms with Gasteiger partial charge in [-0.3, -0.25) is 0 Å². The molecular weight excluding hydrogens is 348 g/mol. The fourth-order valence-corrected chi connectivity index (χ4v) is 2.84. The molecule has 2 aromatic rings. The molecule has 0 radical (unpaired) electrons. The predicted molar refractivity (Wildman–Crippen MR) is 73.8 cm³/mol. The van der Waals surface area contributed by atoms with Crippen molar-refractivity contribution in [2.75, 3.05) is 0 Å². The quantitative estimate of drug-likeness (QED) is 0.468. The Bertz CT molecular complexity index is 680. The molecule has 0 amide bonds. The first-order valence-electron chi connectivity index (χ1n) is 6.19. The van der Waals surface area contributed by atoms with Gasteiger partial charge in [-0.25, -0.2) is 0 Å². The van der Waals surface area contributed by atoms with E-state index in [9.17, 15) is 31.1 Å². The second-order valence-corrected chi connectivity index (χ2v) is 5.62. The van der Waals surface area contributed by atoms with Gasteiger partial charge in [0.05, 0.1) is 11.1 Å². The van der Waals surface area contributed by atoms with Gasteiger partial charge in [0.2, 0.25) is 0 Å². The van der Waals surface area contributed by atoms with E-state index in [-0.39, 0.29) is 27.4 Å². The number of benzene rings is 2. The normalized spacial score (nSPS) is 12.2. The van der Waals surface area contributed by atoms with Crippen LogP contribution in [0.3, 0.4) is 0 Å². The zero-order valence-electron chi connectivity index (χ0n) is 12.2. The van der Waals surface area contributed by atoms with Crippen LogP contribution in [0.2, 0.25) is 0 Å². The molecule has 0 aliphatic carbocycles. The number of carbonyl (C=O) groups is 1. The Labute approximate surface area is 147 Å². The third-order valence-electron chi connectivity index (χ3n) is 2.88. The molecule has 122 valence electrons. The standard InChI is InChI=1S/C15H8F6OP.Li/c16-14(17,18)10-7-4-8-11(15(19,20)21)12(10)13(22)23-9-5-2-1-3-6-9;/h1-8H;/q-1;+1. The summed E-state index contributed by atoms with van der Waals surface area (Å²) in [5, 5.41) is 0.308. The Hall–Kier alpha value is -1.28. The van der Waals surface area contributed by atoms with E-state index in [0.717, 1.165) is 0 Å². The topological polar surface area (TPSA) is 17.1 Å². The van der Waals surface area contributed by atoms with Crippen molar-refractivity contribution in [3.8, 4) is 0 Å². The maximum Gasteiger partial charge on any atom is 1.00 e. The summed E-state index contributed by atoms with van der Waals surface area (Å²) in [4.78, 5) is 12.1. The molecular formula is C15H8F6LiOP. The molecule has 24 heavy (non-hydrogen) atoms. The molecule has 1 nitrogen and oxygen atoms in total. The summed E-state index contributed by atoms with van der Waals surface area (Å²) >= 11 is 0. The molecule has 0 spiro atoms. The van der Waals surface area contributed by atoms with Gasteiger partial charge in [-0.1, -0.05) is 36.4 Å². The molecule has 0 bridgehead atoms. The van der Waals surface area contributed by atoms with Gasteiger partial charge in [0.25, 0.3) is 0 Å². The van der Waals surface area contributed by atoms with Crippen molar-refractivity contribution in [1.29, 1.82) is 0 Å². The van der Waals surface area contributed by atoms with Gasteiger partial charge in [-0.2, -0.15) is 31.6 Å². The third kappa shape index (κ3) is 4.86. The molecule has 0 atom stereocenters. The Morgan fingerprint density at radius 1 is 0.750 bits per heavy atom. The molecule has 0 N–H and O–H groups in total. The minimum Gasteiger partial charge on any atom is -0.426 e. The second-order valence-electron chi connectivity index (χ2n) is 4.48. The van der Waals surface area contributed by atoms with Crippen LogP contribution in [0.15, 0.2) is 48.5 Å². The summed E-state index contributed by atoms with van der Waals surface area (Å²) in [6.45, 7) is 0.